The Balaban J connectivity index is 2.28. The minimum atomic E-state index is -2.13. The molecule has 1 aliphatic rings. The minimum Gasteiger partial charge on any atom is -0.543 e. The lowest BCUT2D eigenvalue weighted by Gasteiger charge is -2.48. The van der Waals surface area contributed by atoms with Gasteiger partial charge in [-0.3, -0.25) is 9.59 Å². The maximum Gasteiger partial charge on any atom is 0.258 e. The summed E-state index contributed by atoms with van der Waals surface area (Å²) < 4.78 is 6.54. The van der Waals surface area contributed by atoms with Gasteiger partial charge in [0.25, 0.3) is 20.1 Å². The number of hydrogen-bond acceptors (Lipinski definition) is 3. The van der Waals surface area contributed by atoms with Gasteiger partial charge in [0.1, 0.15) is 5.75 Å². The van der Waals surface area contributed by atoms with Crippen molar-refractivity contribution in [3.63, 3.8) is 0 Å². The molecule has 5 heteroatoms. The van der Waals surface area contributed by atoms with Gasteiger partial charge in [0, 0.05) is 12.2 Å². The van der Waals surface area contributed by atoms with E-state index in [1.165, 1.54) is 12.2 Å². The first kappa shape index (κ1) is 18.5. The summed E-state index contributed by atoms with van der Waals surface area (Å²) in [5.41, 5.74) is 0.567. The van der Waals surface area contributed by atoms with Gasteiger partial charge in [-0.15, -0.1) is 0 Å². The summed E-state index contributed by atoms with van der Waals surface area (Å²) in [5.74, 6) is 0.166. The number of imide groups is 1. The Morgan fingerprint density at radius 1 is 0.833 bits per heavy atom. The third-order valence-electron chi connectivity index (χ3n) is 5.09. The van der Waals surface area contributed by atoms with Gasteiger partial charge in [-0.1, -0.05) is 41.5 Å². The molecule has 0 saturated heterocycles. The molecule has 1 heterocycles. The van der Waals surface area contributed by atoms with Crippen LogP contribution in [0.3, 0.4) is 0 Å². The highest BCUT2D eigenvalue weighted by molar-refractivity contribution is 6.78. The smallest absolute Gasteiger partial charge is 0.258 e. The van der Waals surface area contributed by atoms with Crippen molar-refractivity contribution in [2.45, 2.75) is 58.2 Å². The highest BCUT2D eigenvalue weighted by atomic mass is 28.4. The van der Waals surface area contributed by atoms with Gasteiger partial charge in [0.2, 0.25) is 0 Å². The fourth-order valence-electron chi connectivity index (χ4n) is 2.98. The average molecular weight is 346 g/mol. The molecule has 1 aliphatic heterocycles. The zero-order valence-electron chi connectivity index (χ0n) is 15.6. The van der Waals surface area contributed by atoms with Crippen LogP contribution in [-0.4, -0.2) is 20.1 Å². The minimum absolute atomic E-state index is 0.0642. The van der Waals surface area contributed by atoms with Crippen molar-refractivity contribution < 1.29 is 14.0 Å². The number of rotatable bonds is 3. The fourth-order valence-corrected chi connectivity index (χ4v) is 6.45. The number of hydrogen-bond donors (Lipinski definition) is 0. The Morgan fingerprint density at radius 2 is 1.25 bits per heavy atom. The number of anilines is 1. The normalized spacial score (nSPS) is 16.0. The largest absolute Gasteiger partial charge is 0.543 e. The van der Waals surface area contributed by atoms with Crippen LogP contribution in [0.1, 0.15) is 41.5 Å². The van der Waals surface area contributed by atoms with Crippen LogP contribution in [0.2, 0.25) is 16.6 Å². The lowest BCUT2D eigenvalue weighted by molar-refractivity contribution is -0.119. The second-order valence-electron chi connectivity index (χ2n) is 8.47. The number of carbonyl (C=O) groups excluding carboxylic acids is 2. The predicted molar refractivity (Wildman–Crippen MR) is 99.8 cm³/mol. The van der Waals surface area contributed by atoms with E-state index in [2.05, 4.69) is 48.1 Å². The molecule has 0 spiro atoms. The molecule has 0 aliphatic carbocycles. The number of benzene rings is 1. The van der Waals surface area contributed by atoms with Gasteiger partial charge in [-0.2, -0.15) is 0 Å². The zero-order valence-corrected chi connectivity index (χ0v) is 16.6. The van der Waals surface area contributed by atoms with E-state index < -0.39 is 8.32 Å². The number of nitrogens with zero attached hydrogens (tertiary/aromatic N) is 1. The van der Waals surface area contributed by atoms with Crippen LogP contribution < -0.4 is 9.33 Å². The number of carbonyl (C=O) groups is 2. The molecule has 24 heavy (non-hydrogen) atoms. The van der Waals surface area contributed by atoms with E-state index >= 15 is 0 Å². The Hall–Kier alpha value is -1.88. The lowest BCUT2D eigenvalue weighted by Crippen LogP contribution is -2.54. The van der Waals surface area contributed by atoms with E-state index in [1.54, 1.807) is 12.1 Å². The van der Waals surface area contributed by atoms with Crippen LogP contribution in [0, 0.1) is 0 Å². The molecule has 0 atom stereocenters. The van der Waals surface area contributed by atoms with Crippen LogP contribution in [0.25, 0.3) is 0 Å². The van der Waals surface area contributed by atoms with E-state index in [9.17, 15) is 9.59 Å². The van der Waals surface area contributed by atoms with Gasteiger partial charge in [-0.05, 0) is 40.9 Å². The lowest BCUT2D eigenvalue weighted by atomic mass is 10.2. The molecule has 0 radical (unpaired) electrons. The van der Waals surface area contributed by atoms with E-state index in [4.69, 9.17) is 4.43 Å². The van der Waals surface area contributed by atoms with Gasteiger partial charge < -0.3 is 4.43 Å². The highest BCUT2D eigenvalue weighted by Crippen LogP contribution is 2.51. The SMILES string of the molecule is CC(C)(C)[Si](C)(Oc1ccc(N2C(=O)C=CC2=O)cc1)C(C)(C)C. The van der Waals surface area contributed by atoms with Crippen molar-refractivity contribution in [1.29, 1.82) is 0 Å². The van der Waals surface area contributed by atoms with Gasteiger partial charge in [0.15, 0.2) is 0 Å². The summed E-state index contributed by atoms with van der Waals surface area (Å²) in [4.78, 5) is 24.7. The Morgan fingerprint density at radius 3 is 1.62 bits per heavy atom. The molecule has 2 rings (SSSR count). The van der Waals surface area contributed by atoms with Crippen LogP contribution in [0.15, 0.2) is 36.4 Å². The molecule has 4 nitrogen and oxygen atoms in total. The van der Waals surface area contributed by atoms with Crippen LogP contribution >= 0.6 is 0 Å². The maximum atomic E-state index is 11.8. The molecule has 0 unspecified atom stereocenters. The monoisotopic (exact) mass is 345 g/mol. The molecule has 0 fully saturated rings. The number of amides is 2. The predicted octanol–water partition coefficient (Wildman–Crippen LogP) is 4.67. The first-order chi connectivity index (χ1) is 10.9. The standard InChI is InChI=1S/C19H27NO3Si/c1-18(2,3)24(7,19(4,5)6)23-15-10-8-14(9-11-15)20-16(21)12-13-17(20)22/h8-13H,1-7H3. The van der Waals surface area contributed by atoms with Crippen molar-refractivity contribution in [2.24, 2.45) is 0 Å². The van der Waals surface area contributed by atoms with Crippen LogP contribution in [-0.2, 0) is 9.59 Å². The van der Waals surface area contributed by atoms with Crippen LogP contribution in [0.4, 0.5) is 5.69 Å². The Labute approximate surface area is 145 Å². The average Bonchev–Trinajstić information content (AvgIpc) is 2.77. The molecule has 1 aromatic carbocycles. The summed E-state index contributed by atoms with van der Waals surface area (Å²) in [6.07, 6.45) is 2.58. The van der Waals surface area contributed by atoms with Crippen LogP contribution in [0.5, 0.6) is 5.75 Å². The maximum absolute atomic E-state index is 11.8. The van der Waals surface area contributed by atoms with Crippen molar-refractivity contribution in [1.82, 2.24) is 0 Å². The van der Waals surface area contributed by atoms with E-state index in [0.717, 1.165) is 10.6 Å². The van der Waals surface area contributed by atoms with Crippen molar-refractivity contribution in [3.05, 3.63) is 36.4 Å². The molecule has 2 amide bonds. The topological polar surface area (TPSA) is 46.6 Å². The molecular weight excluding hydrogens is 318 g/mol. The zero-order chi connectivity index (χ0) is 18.3. The summed E-state index contributed by atoms with van der Waals surface area (Å²) in [6.45, 7) is 15.6. The van der Waals surface area contributed by atoms with E-state index in [-0.39, 0.29) is 21.9 Å². The van der Waals surface area contributed by atoms with E-state index in [0.29, 0.717) is 5.69 Å². The summed E-state index contributed by atoms with van der Waals surface area (Å²) in [5, 5.41) is 0.128. The summed E-state index contributed by atoms with van der Waals surface area (Å²) >= 11 is 0. The van der Waals surface area contributed by atoms with Gasteiger partial charge in [0.05, 0.1) is 5.69 Å². The van der Waals surface area contributed by atoms with Gasteiger partial charge >= 0.3 is 0 Å². The highest BCUT2D eigenvalue weighted by Gasteiger charge is 2.53. The Bertz CT molecular complexity index is 646. The summed E-state index contributed by atoms with van der Waals surface area (Å²) in [7, 11) is -2.13. The first-order valence-corrected chi connectivity index (χ1v) is 10.6. The molecule has 1 aromatic rings. The molecule has 0 aromatic heterocycles. The molecule has 0 N–H and O–H groups in total. The summed E-state index contributed by atoms with van der Waals surface area (Å²) in [6, 6.07) is 7.21. The third-order valence-corrected chi connectivity index (χ3v) is 11.5. The van der Waals surface area contributed by atoms with Crippen molar-refractivity contribution >= 4 is 25.8 Å². The third kappa shape index (κ3) is 3.18. The molecule has 0 saturated carbocycles. The first-order valence-electron chi connectivity index (χ1n) is 8.22. The second-order valence-corrected chi connectivity index (χ2v) is 13.7. The molecule has 130 valence electrons. The Kier molecular flexibility index (Phi) is 4.52. The van der Waals surface area contributed by atoms with Crippen molar-refractivity contribution in [2.75, 3.05) is 4.90 Å². The molecule has 0 bridgehead atoms. The van der Waals surface area contributed by atoms with E-state index in [1.807, 2.05) is 12.1 Å². The molecular formula is C19H27NO3Si. The van der Waals surface area contributed by atoms with Crippen molar-refractivity contribution in [3.8, 4) is 5.75 Å². The quantitative estimate of drug-likeness (QED) is 0.591. The second kappa shape index (κ2) is 5.88. The van der Waals surface area contributed by atoms with Gasteiger partial charge in [-0.25, -0.2) is 4.90 Å². The fraction of sp³-hybridized carbons (Fsp3) is 0.474.